The Hall–Kier alpha value is -1.00. The summed E-state index contributed by atoms with van der Waals surface area (Å²) in [6, 6.07) is 0. The first-order chi connectivity index (χ1) is 7.38. The molecule has 16 heavy (non-hydrogen) atoms. The first-order valence-corrected chi connectivity index (χ1v) is 5.36. The van der Waals surface area contributed by atoms with Gasteiger partial charge in [0.05, 0.1) is 6.42 Å². The molecule has 0 aliphatic heterocycles. The van der Waals surface area contributed by atoms with Crippen LogP contribution in [-0.4, -0.2) is 30.6 Å². The summed E-state index contributed by atoms with van der Waals surface area (Å²) in [5.41, 5.74) is 0. The lowest BCUT2D eigenvalue weighted by molar-refractivity contribution is -0.144. The Bertz CT molecular complexity index is 273. The molecule has 0 aromatic rings. The topological polar surface area (TPSA) is 20.3 Å². The monoisotopic (exact) mass is 235 g/mol. The van der Waals surface area contributed by atoms with Crippen molar-refractivity contribution in [2.75, 3.05) is 13.6 Å². The van der Waals surface area contributed by atoms with Gasteiger partial charge in [-0.3, -0.25) is 4.79 Å². The zero-order valence-corrected chi connectivity index (χ0v) is 9.26. The number of rotatable bonds is 4. The number of allylic oxidation sites excluding steroid dienone is 2. The molecule has 1 aliphatic rings. The van der Waals surface area contributed by atoms with Gasteiger partial charge >= 0.3 is 6.18 Å². The Labute approximate surface area is 93.1 Å². The highest BCUT2D eigenvalue weighted by molar-refractivity contribution is 5.76. The van der Waals surface area contributed by atoms with Gasteiger partial charge in [-0.1, -0.05) is 12.2 Å². The Morgan fingerprint density at radius 2 is 2.19 bits per heavy atom. The van der Waals surface area contributed by atoms with Crippen molar-refractivity contribution in [3.8, 4) is 0 Å². The quantitative estimate of drug-likeness (QED) is 0.686. The third-order valence-electron chi connectivity index (χ3n) is 2.71. The third-order valence-corrected chi connectivity index (χ3v) is 2.71. The van der Waals surface area contributed by atoms with Crippen LogP contribution in [0.5, 0.6) is 0 Å². The maximum absolute atomic E-state index is 11.9. The lowest BCUT2D eigenvalue weighted by Crippen LogP contribution is -2.31. The van der Waals surface area contributed by atoms with Crippen molar-refractivity contribution in [1.29, 1.82) is 0 Å². The molecule has 2 nitrogen and oxygen atoms in total. The average molecular weight is 235 g/mol. The molecule has 1 rings (SSSR count). The number of carbonyl (C=O) groups is 1. The zero-order valence-electron chi connectivity index (χ0n) is 9.26. The SMILES string of the molecule is CN(CCC(F)(F)F)C(=O)C[C@H]1C=CCC1. The summed E-state index contributed by atoms with van der Waals surface area (Å²) in [7, 11) is 1.42. The van der Waals surface area contributed by atoms with Gasteiger partial charge in [0, 0.05) is 20.0 Å². The van der Waals surface area contributed by atoms with Gasteiger partial charge in [0.15, 0.2) is 0 Å². The molecule has 1 aliphatic carbocycles. The molecule has 1 atom stereocenters. The molecule has 0 radical (unpaired) electrons. The van der Waals surface area contributed by atoms with Gasteiger partial charge in [-0.25, -0.2) is 0 Å². The molecule has 92 valence electrons. The van der Waals surface area contributed by atoms with E-state index in [9.17, 15) is 18.0 Å². The number of amides is 1. The van der Waals surface area contributed by atoms with E-state index >= 15 is 0 Å². The van der Waals surface area contributed by atoms with Crippen LogP contribution >= 0.6 is 0 Å². The van der Waals surface area contributed by atoms with E-state index in [2.05, 4.69) is 0 Å². The predicted octanol–water partition coefficient (Wildman–Crippen LogP) is 2.75. The highest BCUT2D eigenvalue weighted by atomic mass is 19.4. The minimum absolute atomic E-state index is 0.208. The first kappa shape index (κ1) is 13.1. The second-order valence-electron chi connectivity index (χ2n) is 4.15. The molecule has 0 heterocycles. The molecule has 0 bridgehead atoms. The molecule has 0 saturated carbocycles. The molecule has 0 fully saturated rings. The smallest absolute Gasteiger partial charge is 0.345 e. The Morgan fingerprint density at radius 1 is 1.50 bits per heavy atom. The second-order valence-corrected chi connectivity index (χ2v) is 4.15. The lowest BCUT2D eigenvalue weighted by Gasteiger charge is -2.19. The number of hydrogen-bond acceptors (Lipinski definition) is 1. The van der Waals surface area contributed by atoms with Crippen LogP contribution in [0.3, 0.4) is 0 Å². The van der Waals surface area contributed by atoms with E-state index in [1.165, 1.54) is 11.9 Å². The number of alkyl halides is 3. The van der Waals surface area contributed by atoms with E-state index < -0.39 is 12.6 Å². The maximum Gasteiger partial charge on any atom is 0.390 e. The average Bonchev–Trinajstić information content (AvgIpc) is 2.65. The number of nitrogens with zero attached hydrogens (tertiary/aromatic N) is 1. The lowest BCUT2D eigenvalue weighted by atomic mass is 10.0. The van der Waals surface area contributed by atoms with E-state index in [4.69, 9.17) is 0 Å². The van der Waals surface area contributed by atoms with Crippen LogP contribution in [-0.2, 0) is 4.79 Å². The molecule has 0 unspecified atom stereocenters. The molecule has 0 spiro atoms. The summed E-state index contributed by atoms with van der Waals surface area (Å²) in [4.78, 5) is 12.7. The summed E-state index contributed by atoms with van der Waals surface area (Å²) in [6.45, 7) is -0.251. The van der Waals surface area contributed by atoms with Crippen molar-refractivity contribution in [3.05, 3.63) is 12.2 Å². The highest BCUT2D eigenvalue weighted by Gasteiger charge is 2.28. The van der Waals surface area contributed by atoms with Crippen LogP contribution in [0.1, 0.15) is 25.7 Å². The summed E-state index contributed by atoms with van der Waals surface area (Å²) >= 11 is 0. The van der Waals surface area contributed by atoms with E-state index in [-0.39, 0.29) is 18.4 Å². The normalized spacial score (nSPS) is 20.1. The van der Waals surface area contributed by atoms with Gasteiger partial charge in [-0.15, -0.1) is 0 Å². The van der Waals surface area contributed by atoms with Crippen LogP contribution in [0.15, 0.2) is 12.2 Å². The van der Waals surface area contributed by atoms with Crippen molar-refractivity contribution in [3.63, 3.8) is 0 Å². The van der Waals surface area contributed by atoms with Gasteiger partial charge in [-0.05, 0) is 18.8 Å². The van der Waals surface area contributed by atoms with Crippen LogP contribution in [0, 0.1) is 5.92 Å². The Kier molecular flexibility index (Phi) is 4.38. The predicted molar refractivity (Wildman–Crippen MR) is 54.8 cm³/mol. The molecular formula is C11H16F3NO. The number of carbonyl (C=O) groups excluding carboxylic acids is 1. The maximum atomic E-state index is 11.9. The minimum atomic E-state index is -4.19. The van der Waals surface area contributed by atoms with E-state index in [1.54, 1.807) is 0 Å². The van der Waals surface area contributed by atoms with Crippen molar-refractivity contribution >= 4 is 5.91 Å². The number of halogens is 3. The molecule has 0 aromatic carbocycles. The fourth-order valence-electron chi connectivity index (χ4n) is 1.66. The summed E-state index contributed by atoms with van der Waals surface area (Å²) in [5.74, 6) is 0.00152. The highest BCUT2D eigenvalue weighted by Crippen LogP contribution is 2.22. The first-order valence-electron chi connectivity index (χ1n) is 5.36. The second kappa shape index (κ2) is 5.37. The third kappa shape index (κ3) is 4.68. The van der Waals surface area contributed by atoms with Crippen molar-refractivity contribution in [1.82, 2.24) is 4.90 Å². The molecule has 0 aromatic heterocycles. The Balaban J connectivity index is 2.27. The number of hydrogen-bond donors (Lipinski definition) is 0. The molecule has 1 amide bonds. The van der Waals surface area contributed by atoms with E-state index in [0.717, 1.165) is 12.8 Å². The van der Waals surface area contributed by atoms with Crippen molar-refractivity contribution in [2.24, 2.45) is 5.92 Å². The van der Waals surface area contributed by atoms with Gasteiger partial charge in [0.2, 0.25) is 5.91 Å². The summed E-state index contributed by atoms with van der Waals surface area (Å²) in [5, 5.41) is 0. The standard InChI is InChI=1S/C11H16F3NO/c1-15(7-6-11(12,13)14)10(16)8-9-4-2-3-5-9/h2,4,9H,3,5-8H2,1H3/t9-/m0/s1. The molecule has 0 N–H and O–H groups in total. The van der Waals surface area contributed by atoms with E-state index in [0.29, 0.717) is 6.42 Å². The summed E-state index contributed by atoms with van der Waals surface area (Å²) in [6.07, 6.45) is 1.06. The largest absolute Gasteiger partial charge is 0.390 e. The molecule has 5 heteroatoms. The molecule has 0 saturated heterocycles. The van der Waals surface area contributed by atoms with Gasteiger partial charge in [-0.2, -0.15) is 13.2 Å². The molecular weight excluding hydrogens is 219 g/mol. The van der Waals surface area contributed by atoms with Gasteiger partial charge in [0.1, 0.15) is 0 Å². The van der Waals surface area contributed by atoms with Crippen LogP contribution in [0.4, 0.5) is 13.2 Å². The Morgan fingerprint density at radius 3 is 2.69 bits per heavy atom. The van der Waals surface area contributed by atoms with Crippen LogP contribution < -0.4 is 0 Å². The zero-order chi connectivity index (χ0) is 12.2. The van der Waals surface area contributed by atoms with Gasteiger partial charge < -0.3 is 4.90 Å². The van der Waals surface area contributed by atoms with Crippen LogP contribution in [0.2, 0.25) is 0 Å². The van der Waals surface area contributed by atoms with Crippen molar-refractivity contribution in [2.45, 2.75) is 31.9 Å². The fraction of sp³-hybridized carbons (Fsp3) is 0.727. The summed E-state index contributed by atoms with van der Waals surface area (Å²) < 4.78 is 35.8. The van der Waals surface area contributed by atoms with Crippen molar-refractivity contribution < 1.29 is 18.0 Å². The minimum Gasteiger partial charge on any atom is -0.345 e. The van der Waals surface area contributed by atoms with Gasteiger partial charge in [0.25, 0.3) is 0 Å². The fourth-order valence-corrected chi connectivity index (χ4v) is 1.66. The van der Waals surface area contributed by atoms with E-state index in [1.807, 2.05) is 12.2 Å². The van der Waals surface area contributed by atoms with Crippen LogP contribution in [0.25, 0.3) is 0 Å².